The fourth-order valence-corrected chi connectivity index (χ4v) is 4.52. The highest BCUT2D eigenvalue weighted by Gasteiger charge is 2.26. The molecule has 1 aliphatic rings. The average molecular weight is 335 g/mol. The molecule has 1 aromatic carbocycles. The van der Waals surface area contributed by atoms with Gasteiger partial charge in [0.2, 0.25) is 0 Å². The second-order valence-electron chi connectivity index (χ2n) is 6.30. The largest absolute Gasteiger partial charge is 0.380 e. The van der Waals surface area contributed by atoms with Crippen molar-refractivity contribution in [3.05, 3.63) is 34.5 Å². The zero-order valence-corrected chi connectivity index (χ0v) is 14.3. The molecule has 1 amide bonds. The molecule has 0 bridgehead atoms. The van der Waals surface area contributed by atoms with E-state index in [1.807, 2.05) is 6.07 Å². The van der Waals surface area contributed by atoms with E-state index in [0.29, 0.717) is 21.7 Å². The Bertz CT molecular complexity index is 712. The predicted molar refractivity (Wildman–Crippen MR) is 91.4 cm³/mol. The number of hydrogen-bond acceptors (Lipinski definition) is 3. The molecule has 1 aliphatic carbocycles. The van der Waals surface area contributed by atoms with Crippen LogP contribution in [0.3, 0.4) is 0 Å². The lowest BCUT2D eigenvalue weighted by Crippen LogP contribution is -2.41. The Hall–Kier alpha value is -1.46. The summed E-state index contributed by atoms with van der Waals surface area (Å²) in [4.78, 5) is 13.3. The number of carbonyl (C=O) groups is 1. The van der Waals surface area contributed by atoms with Crippen LogP contribution in [0.1, 0.15) is 47.8 Å². The maximum atomic E-state index is 14.2. The van der Waals surface area contributed by atoms with Gasteiger partial charge in [-0.3, -0.25) is 4.79 Å². The SMILES string of the molecule is COCc1c(C(=O)NC2CCCCC2C)sc2cccc(F)c12. The van der Waals surface area contributed by atoms with Gasteiger partial charge < -0.3 is 10.1 Å². The predicted octanol–water partition coefficient (Wildman–Crippen LogP) is 4.50. The van der Waals surface area contributed by atoms with Crippen molar-refractivity contribution in [2.75, 3.05) is 7.11 Å². The van der Waals surface area contributed by atoms with Crippen LogP contribution in [-0.4, -0.2) is 19.1 Å². The molecule has 0 radical (unpaired) electrons. The summed E-state index contributed by atoms with van der Waals surface area (Å²) in [7, 11) is 1.56. The molecule has 1 heterocycles. The summed E-state index contributed by atoms with van der Waals surface area (Å²) in [5.41, 5.74) is 0.659. The van der Waals surface area contributed by atoms with Crippen molar-refractivity contribution >= 4 is 27.3 Å². The van der Waals surface area contributed by atoms with Gasteiger partial charge in [-0.25, -0.2) is 4.39 Å². The number of amides is 1. The average Bonchev–Trinajstić information content (AvgIpc) is 2.90. The zero-order chi connectivity index (χ0) is 16.4. The molecule has 2 aromatic rings. The Labute approximate surface area is 139 Å². The summed E-state index contributed by atoms with van der Waals surface area (Å²) in [6.45, 7) is 2.43. The summed E-state index contributed by atoms with van der Waals surface area (Å²) >= 11 is 1.34. The van der Waals surface area contributed by atoms with Crippen LogP contribution in [-0.2, 0) is 11.3 Å². The molecule has 5 heteroatoms. The lowest BCUT2D eigenvalue weighted by molar-refractivity contribution is 0.0910. The fourth-order valence-electron chi connectivity index (χ4n) is 3.40. The van der Waals surface area contributed by atoms with Gasteiger partial charge in [-0.05, 0) is 30.9 Å². The minimum atomic E-state index is -0.295. The van der Waals surface area contributed by atoms with Gasteiger partial charge in [0, 0.05) is 28.8 Å². The van der Waals surface area contributed by atoms with E-state index in [1.54, 1.807) is 13.2 Å². The Morgan fingerprint density at radius 1 is 1.39 bits per heavy atom. The molecule has 0 aliphatic heterocycles. The lowest BCUT2D eigenvalue weighted by atomic mass is 9.86. The molecule has 23 heavy (non-hydrogen) atoms. The van der Waals surface area contributed by atoms with Gasteiger partial charge in [0.1, 0.15) is 5.82 Å². The van der Waals surface area contributed by atoms with Crippen molar-refractivity contribution in [1.82, 2.24) is 5.32 Å². The first-order valence-electron chi connectivity index (χ1n) is 8.11. The van der Waals surface area contributed by atoms with Gasteiger partial charge in [0.25, 0.3) is 5.91 Å². The van der Waals surface area contributed by atoms with Gasteiger partial charge in [0.05, 0.1) is 11.5 Å². The number of benzene rings is 1. The minimum absolute atomic E-state index is 0.101. The fraction of sp³-hybridized carbons (Fsp3) is 0.500. The molecular weight excluding hydrogens is 313 g/mol. The van der Waals surface area contributed by atoms with E-state index in [2.05, 4.69) is 12.2 Å². The molecule has 1 aromatic heterocycles. The second-order valence-corrected chi connectivity index (χ2v) is 7.35. The van der Waals surface area contributed by atoms with Crippen LogP contribution < -0.4 is 5.32 Å². The third-order valence-corrected chi connectivity index (χ3v) is 5.88. The molecule has 1 N–H and O–H groups in total. The Kier molecular flexibility index (Phi) is 4.97. The number of carbonyl (C=O) groups excluding carboxylic acids is 1. The van der Waals surface area contributed by atoms with Gasteiger partial charge in [-0.2, -0.15) is 0 Å². The van der Waals surface area contributed by atoms with Crippen LogP contribution in [0.5, 0.6) is 0 Å². The molecular formula is C18H22FNO2S. The van der Waals surface area contributed by atoms with E-state index in [-0.39, 0.29) is 24.4 Å². The molecule has 2 atom stereocenters. The maximum absolute atomic E-state index is 14.2. The number of ether oxygens (including phenoxy) is 1. The van der Waals surface area contributed by atoms with Crippen LogP contribution in [0.4, 0.5) is 4.39 Å². The van der Waals surface area contributed by atoms with E-state index in [0.717, 1.165) is 24.0 Å². The van der Waals surface area contributed by atoms with Crippen LogP contribution in [0.15, 0.2) is 18.2 Å². The molecule has 3 rings (SSSR count). The van der Waals surface area contributed by atoms with E-state index >= 15 is 0 Å². The Balaban J connectivity index is 1.93. The quantitative estimate of drug-likeness (QED) is 0.893. The van der Waals surface area contributed by atoms with Crippen molar-refractivity contribution in [3.8, 4) is 0 Å². The van der Waals surface area contributed by atoms with Crippen LogP contribution >= 0.6 is 11.3 Å². The summed E-state index contributed by atoms with van der Waals surface area (Å²) < 4.78 is 20.2. The highest BCUT2D eigenvalue weighted by molar-refractivity contribution is 7.21. The molecule has 124 valence electrons. The first-order valence-corrected chi connectivity index (χ1v) is 8.93. The monoisotopic (exact) mass is 335 g/mol. The number of fused-ring (bicyclic) bond motifs is 1. The lowest BCUT2D eigenvalue weighted by Gasteiger charge is -2.29. The van der Waals surface area contributed by atoms with Crippen molar-refractivity contribution in [1.29, 1.82) is 0 Å². The summed E-state index contributed by atoms with van der Waals surface area (Å²) in [6.07, 6.45) is 4.56. The molecule has 2 unspecified atom stereocenters. The second kappa shape index (κ2) is 6.97. The smallest absolute Gasteiger partial charge is 0.261 e. The summed E-state index contributed by atoms with van der Waals surface area (Å²) in [5.74, 6) is 0.0944. The highest BCUT2D eigenvalue weighted by atomic mass is 32.1. The zero-order valence-electron chi connectivity index (χ0n) is 13.5. The van der Waals surface area contributed by atoms with Gasteiger partial charge in [-0.15, -0.1) is 11.3 Å². The van der Waals surface area contributed by atoms with Crippen molar-refractivity contribution in [2.24, 2.45) is 5.92 Å². The number of halogens is 1. The van der Waals surface area contributed by atoms with E-state index < -0.39 is 0 Å². The third-order valence-electron chi connectivity index (χ3n) is 4.69. The number of methoxy groups -OCH3 is 1. The molecule has 0 spiro atoms. The number of hydrogen-bond donors (Lipinski definition) is 1. The first kappa shape index (κ1) is 16.4. The van der Waals surface area contributed by atoms with Gasteiger partial charge in [0.15, 0.2) is 0 Å². The topological polar surface area (TPSA) is 38.3 Å². The van der Waals surface area contributed by atoms with E-state index in [4.69, 9.17) is 4.74 Å². The number of nitrogens with one attached hydrogen (secondary N) is 1. The van der Waals surface area contributed by atoms with Crippen molar-refractivity contribution in [2.45, 2.75) is 45.3 Å². The van der Waals surface area contributed by atoms with E-state index in [1.165, 1.54) is 23.8 Å². The summed E-state index contributed by atoms with van der Waals surface area (Å²) in [6, 6.07) is 5.17. The maximum Gasteiger partial charge on any atom is 0.261 e. The van der Waals surface area contributed by atoms with E-state index in [9.17, 15) is 9.18 Å². The number of thiophene rings is 1. The molecule has 3 nitrogen and oxygen atoms in total. The Morgan fingerprint density at radius 2 is 2.17 bits per heavy atom. The minimum Gasteiger partial charge on any atom is -0.380 e. The van der Waals surface area contributed by atoms with Gasteiger partial charge >= 0.3 is 0 Å². The molecule has 0 saturated heterocycles. The van der Waals surface area contributed by atoms with Crippen molar-refractivity contribution in [3.63, 3.8) is 0 Å². The third kappa shape index (κ3) is 3.26. The van der Waals surface area contributed by atoms with Crippen LogP contribution in [0, 0.1) is 11.7 Å². The highest BCUT2D eigenvalue weighted by Crippen LogP contribution is 2.34. The van der Waals surface area contributed by atoms with Crippen LogP contribution in [0.25, 0.3) is 10.1 Å². The Morgan fingerprint density at radius 3 is 2.91 bits per heavy atom. The van der Waals surface area contributed by atoms with Gasteiger partial charge in [-0.1, -0.05) is 25.8 Å². The normalized spacial score (nSPS) is 21.5. The molecule has 1 fully saturated rings. The first-order chi connectivity index (χ1) is 11.1. The molecule has 1 saturated carbocycles. The standard InChI is InChI=1S/C18H22FNO2S/c1-11-6-3-4-8-14(11)20-18(21)17-12(10-22-2)16-13(19)7-5-9-15(16)23-17/h5,7,9,11,14H,3-4,6,8,10H2,1-2H3,(H,20,21). The summed E-state index contributed by atoms with van der Waals surface area (Å²) in [5, 5.41) is 3.67. The van der Waals surface area contributed by atoms with Crippen LogP contribution in [0.2, 0.25) is 0 Å². The van der Waals surface area contributed by atoms with Crippen molar-refractivity contribution < 1.29 is 13.9 Å². The number of rotatable bonds is 4.